The number of nitrogens with one attached hydrogen (secondary N) is 1. The Morgan fingerprint density at radius 2 is 1.27 bits per heavy atom. The summed E-state index contributed by atoms with van der Waals surface area (Å²) in [7, 11) is 0. The highest BCUT2D eigenvalue weighted by Gasteiger charge is 2.18. The molecule has 26 heavy (non-hydrogen) atoms. The average Bonchev–Trinajstić information content (AvgIpc) is 3.09. The van der Waals surface area contributed by atoms with Crippen LogP contribution in [0, 0.1) is 0 Å². The highest BCUT2D eigenvalue weighted by molar-refractivity contribution is 6.39. The van der Waals surface area contributed by atoms with Crippen LogP contribution in [0.25, 0.3) is 44.1 Å². The number of fused-ring (bicyclic) bond motifs is 3. The van der Waals surface area contributed by atoms with Gasteiger partial charge in [0.2, 0.25) is 0 Å². The second-order valence-corrected chi connectivity index (χ2v) is 6.84. The molecule has 2 heteroatoms. The van der Waals surface area contributed by atoms with E-state index >= 15 is 0 Å². The Hall–Kier alpha value is -3.03. The quantitative estimate of drug-likeness (QED) is 0.342. The van der Waals surface area contributed by atoms with Crippen LogP contribution in [-0.2, 0) is 0 Å². The molecule has 1 N–H and O–H groups in total. The highest BCUT2D eigenvalue weighted by Crippen LogP contribution is 2.43. The summed E-state index contributed by atoms with van der Waals surface area (Å²) in [5.74, 6) is 0. The van der Waals surface area contributed by atoms with Gasteiger partial charge in [-0.2, -0.15) is 0 Å². The van der Waals surface area contributed by atoms with Crippen LogP contribution in [0.15, 0.2) is 91.0 Å². The van der Waals surface area contributed by atoms with Gasteiger partial charge in [-0.3, -0.25) is 0 Å². The summed E-state index contributed by atoms with van der Waals surface area (Å²) in [6, 6.07) is 31.4. The summed E-state index contributed by atoms with van der Waals surface area (Å²) in [6.45, 7) is 0. The first-order valence-corrected chi connectivity index (χ1v) is 9.04. The number of hydrogen-bond donors (Lipinski definition) is 1. The van der Waals surface area contributed by atoms with Gasteiger partial charge < -0.3 is 4.98 Å². The van der Waals surface area contributed by atoms with Gasteiger partial charge in [-0.05, 0) is 28.8 Å². The molecule has 5 rings (SSSR count). The van der Waals surface area contributed by atoms with E-state index in [0.29, 0.717) is 0 Å². The number of benzene rings is 4. The monoisotopic (exact) mass is 353 g/mol. The van der Waals surface area contributed by atoms with E-state index in [0.717, 1.165) is 38.0 Å². The summed E-state index contributed by atoms with van der Waals surface area (Å²) in [5, 5.41) is 3.01. The summed E-state index contributed by atoms with van der Waals surface area (Å²) >= 11 is 6.77. The molecule has 1 nitrogen and oxygen atoms in total. The number of aromatic nitrogens is 1. The summed E-state index contributed by atoms with van der Waals surface area (Å²) in [4.78, 5) is 3.61. The maximum atomic E-state index is 6.77. The lowest BCUT2D eigenvalue weighted by atomic mass is 9.92. The Morgan fingerprint density at radius 3 is 2.00 bits per heavy atom. The third-order valence-corrected chi connectivity index (χ3v) is 5.18. The predicted molar refractivity (Wildman–Crippen MR) is 112 cm³/mol. The molecule has 1 heterocycles. The minimum atomic E-state index is 0.774. The fourth-order valence-corrected chi connectivity index (χ4v) is 4.04. The summed E-state index contributed by atoms with van der Waals surface area (Å²) in [6.07, 6.45) is 0. The Bertz CT molecular complexity index is 1220. The number of halogens is 1. The van der Waals surface area contributed by atoms with Crippen molar-refractivity contribution in [2.24, 2.45) is 0 Å². The Labute approximate surface area is 156 Å². The second-order valence-electron chi connectivity index (χ2n) is 6.43. The van der Waals surface area contributed by atoms with Crippen molar-refractivity contribution >= 4 is 33.4 Å². The fourth-order valence-electron chi connectivity index (χ4n) is 3.73. The largest absolute Gasteiger partial charge is 0.354 e. The fraction of sp³-hybridized carbons (Fsp3) is 0. The van der Waals surface area contributed by atoms with Gasteiger partial charge in [0.05, 0.1) is 10.5 Å². The maximum Gasteiger partial charge on any atom is 0.0565 e. The molecule has 0 bridgehead atoms. The van der Waals surface area contributed by atoms with Crippen LogP contribution in [0.3, 0.4) is 0 Å². The van der Waals surface area contributed by atoms with Gasteiger partial charge >= 0.3 is 0 Å². The molecule has 1 aromatic heterocycles. The number of H-pyrrole nitrogens is 1. The molecule has 0 fully saturated rings. The first-order chi connectivity index (χ1) is 12.8. The van der Waals surface area contributed by atoms with Crippen molar-refractivity contribution in [3.05, 3.63) is 96.0 Å². The molecular weight excluding hydrogens is 338 g/mol. The molecule has 0 atom stereocenters. The van der Waals surface area contributed by atoms with Crippen molar-refractivity contribution in [3.8, 4) is 22.3 Å². The topological polar surface area (TPSA) is 15.8 Å². The molecule has 0 aliphatic rings. The van der Waals surface area contributed by atoms with E-state index in [1.807, 2.05) is 18.2 Å². The normalized spacial score (nSPS) is 11.3. The van der Waals surface area contributed by atoms with Gasteiger partial charge in [0.25, 0.3) is 0 Å². The van der Waals surface area contributed by atoms with E-state index in [1.165, 1.54) is 11.1 Å². The van der Waals surface area contributed by atoms with Crippen molar-refractivity contribution in [3.63, 3.8) is 0 Å². The first kappa shape index (κ1) is 15.2. The van der Waals surface area contributed by atoms with Gasteiger partial charge in [-0.1, -0.05) is 90.5 Å². The van der Waals surface area contributed by atoms with Crippen LogP contribution >= 0.6 is 11.6 Å². The van der Waals surface area contributed by atoms with Gasteiger partial charge in [-0.15, -0.1) is 0 Å². The number of para-hydroxylation sites is 1. The van der Waals surface area contributed by atoms with Crippen LogP contribution in [0.5, 0.6) is 0 Å². The van der Waals surface area contributed by atoms with Crippen molar-refractivity contribution in [2.75, 3.05) is 0 Å². The lowest BCUT2D eigenvalue weighted by molar-refractivity contribution is 1.53. The lowest BCUT2D eigenvalue weighted by Crippen LogP contribution is -1.88. The van der Waals surface area contributed by atoms with E-state index in [1.54, 1.807) is 0 Å². The van der Waals surface area contributed by atoms with Gasteiger partial charge in [0.1, 0.15) is 0 Å². The van der Waals surface area contributed by atoms with Crippen molar-refractivity contribution in [1.29, 1.82) is 0 Å². The third-order valence-electron chi connectivity index (χ3n) is 4.88. The Balaban J connectivity index is 1.98. The van der Waals surface area contributed by atoms with Crippen molar-refractivity contribution < 1.29 is 0 Å². The number of hydrogen-bond acceptors (Lipinski definition) is 0. The molecule has 0 radical (unpaired) electrons. The molecule has 5 aromatic rings. The zero-order valence-corrected chi connectivity index (χ0v) is 14.8. The molecule has 0 amide bonds. The molecular formula is C24H16ClN. The predicted octanol–water partition coefficient (Wildman–Crippen LogP) is 7.31. The minimum Gasteiger partial charge on any atom is -0.354 e. The Kier molecular flexibility index (Phi) is 3.55. The number of rotatable bonds is 2. The summed E-state index contributed by atoms with van der Waals surface area (Å²) < 4.78 is 0. The molecule has 4 aromatic carbocycles. The number of aromatic amines is 1. The van der Waals surface area contributed by atoms with Gasteiger partial charge in [0.15, 0.2) is 0 Å². The molecule has 0 saturated carbocycles. The molecule has 124 valence electrons. The Morgan fingerprint density at radius 1 is 0.654 bits per heavy atom. The van der Waals surface area contributed by atoms with Crippen LogP contribution in [-0.4, -0.2) is 4.98 Å². The van der Waals surface area contributed by atoms with E-state index < -0.39 is 0 Å². The average molecular weight is 354 g/mol. The van der Waals surface area contributed by atoms with Gasteiger partial charge in [-0.25, -0.2) is 0 Å². The van der Waals surface area contributed by atoms with Crippen LogP contribution in [0.4, 0.5) is 0 Å². The van der Waals surface area contributed by atoms with Gasteiger partial charge in [0, 0.05) is 21.9 Å². The van der Waals surface area contributed by atoms with Crippen molar-refractivity contribution in [2.45, 2.75) is 0 Å². The lowest BCUT2D eigenvalue weighted by Gasteiger charge is -2.13. The van der Waals surface area contributed by atoms with E-state index in [-0.39, 0.29) is 0 Å². The maximum absolute atomic E-state index is 6.77. The molecule has 0 saturated heterocycles. The third kappa shape index (κ3) is 2.33. The van der Waals surface area contributed by atoms with E-state index in [2.05, 4.69) is 77.8 Å². The molecule has 0 aliphatic carbocycles. The van der Waals surface area contributed by atoms with E-state index in [9.17, 15) is 0 Å². The first-order valence-electron chi connectivity index (χ1n) is 8.67. The smallest absolute Gasteiger partial charge is 0.0565 e. The second kappa shape index (κ2) is 6.05. The zero-order valence-electron chi connectivity index (χ0n) is 14.0. The molecule has 0 spiro atoms. The standard InChI is InChI=1S/C24H16ClN/c25-20-15-19(16-9-3-1-4-10-16)22(17-11-5-2-6-12-17)24-23(20)18-13-7-8-14-21(18)26-24/h1-15,26H. The minimum absolute atomic E-state index is 0.774. The highest BCUT2D eigenvalue weighted by atomic mass is 35.5. The van der Waals surface area contributed by atoms with E-state index in [4.69, 9.17) is 11.6 Å². The van der Waals surface area contributed by atoms with Crippen LogP contribution < -0.4 is 0 Å². The summed E-state index contributed by atoms with van der Waals surface area (Å²) in [5.41, 5.74) is 6.86. The van der Waals surface area contributed by atoms with Crippen LogP contribution in [0.2, 0.25) is 5.02 Å². The van der Waals surface area contributed by atoms with Crippen LogP contribution in [0.1, 0.15) is 0 Å². The molecule has 0 aliphatic heterocycles. The zero-order chi connectivity index (χ0) is 17.5. The SMILES string of the molecule is Clc1cc(-c2ccccc2)c(-c2ccccc2)c2[nH]c3ccccc3c12. The molecule has 0 unspecified atom stereocenters. The van der Waals surface area contributed by atoms with Crippen molar-refractivity contribution in [1.82, 2.24) is 4.98 Å².